The summed E-state index contributed by atoms with van der Waals surface area (Å²) in [5.74, 6) is 4.04. The molecule has 0 N–H and O–H groups in total. The molecular formula is C91H97BBr2Cl2Ir4N7S-6. The molecule has 6 aromatic carbocycles. The van der Waals surface area contributed by atoms with Gasteiger partial charge in [0.25, 0.3) is 0 Å². The molecule has 6 aromatic heterocycles. The Morgan fingerprint density at radius 1 is 0.306 bits per heavy atom. The quantitative estimate of drug-likeness (QED) is 0.0398. The Kier molecular flexibility index (Phi) is 54.4. The summed E-state index contributed by atoms with van der Waals surface area (Å²) in [6.45, 7) is 26.6. The minimum absolute atomic E-state index is 0. The minimum Gasteiger partial charge on any atom is 0 e. The van der Waals surface area contributed by atoms with Crippen LogP contribution in [0.1, 0.15) is 116 Å². The third kappa shape index (κ3) is 41.7. The maximum absolute atomic E-state index is 4.76. The van der Waals surface area contributed by atoms with Crippen molar-refractivity contribution in [3.8, 4) is 67.5 Å². The number of alkyl halides is 2. The van der Waals surface area contributed by atoms with E-state index in [0.717, 1.165) is 115 Å². The van der Waals surface area contributed by atoms with Crippen LogP contribution < -0.4 is 0 Å². The zero-order valence-electron chi connectivity index (χ0n) is 63.5. The first kappa shape index (κ1) is 101. The number of pyridine rings is 6. The van der Waals surface area contributed by atoms with Gasteiger partial charge in [0.15, 0.2) is 0 Å². The van der Waals surface area contributed by atoms with E-state index in [1.165, 1.54) is 33.4 Å². The summed E-state index contributed by atoms with van der Waals surface area (Å²) in [5.41, 5.74) is 20.0. The molecule has 5 radical (unpaired) electrons. The van der Waals surface area contributed by atoms with Crippen LogP contribution in [-0.4, -0.2) is 42.9 Å². The van der Waals surface area contributed by atoms with Gasteiger partial charge in [0.1, 0.15) is 0 Å². The first-order chi connectivity index (χ1) is 50.1. The Morgan fingerprint density at radius 3 is 0.620 bits per heavy atom. The van der Waals surface area contributed by atoms with Crippen molar-refractivity contribution in [3.05, 3.63) is 322 Å². The maximum atomic E-state index is 4.76. The second-order valence-corrected chi connectivity index (χ2v) is 29.9. The fourth-order valence-electron chi connectivity index (χ4n) is 10.4. The number of aromatic nitrogens is 6. The van der Waals surface area contributed by atoms with Crippen LogP contribution >= 0.6 is 67.9 Å². The summed E-state index contributed by atoms with van der Waals surface area (Å²) < 4.78 is 4.80. The van der Waals surface area contributed by atoms with Gasteiger partial charge in [0, 0.05) is 118 Å². The molecule has 6 heterocycles. The van der Waals surface area contributed by atoms with Crippen molar-refractivity contribution in [2.45, 2.75) is 122 Å². The van der Waals surface area contributed by atoms with E-state index in [-0.39, 0.29) is 85.8 Å². The number of hydrogen-bond acceptors (Lipinski definition) is 8. The predicted molar refractivity (Wildman–Crippen MR) is 451 cm³/mol. The SMILES string of the molecule is CC(C)Cc1ccc(-c2[c-]ccc(Br)c2)nc1.CC(C)Cc1ccc(-c2[c-]ccc(Br)c2)nc1.CC(C)Cc1ccc(-c2[c-]cccc2)nc1.CC(C)Cc1ccc(-c2[c-]cccc2)nc1.CC(C)Cc1ccc(-c2[c-]cccc2)nc1.CC(C)Cc1ccc(-c2[c-]cccc2)nc1.ClCCl.[B]=NS.[Ir].[Ir].[Ir].[Ir]. The summed E-state index contributed by atoms with van der Waals surface area (Å²) in [6, 6.07) is 88.0. The normalized spacial score (nSPS) is 10.0. The van der Waals surface area contributed by atoms with Gasteiger partial charge in [0.05, 0.1) is 5.34 Å². The van der Waals surface area contributed by atoms with Crippen LogP contribution in [0, 0.1) is 71.9 Å². The average Bonchev–Trinajstić information content (AvgIpc) is 0.859. The van der Waals surface area contributed by atoms with Crippen LogP contribution in [0.15, 0.2) is 257 Å². The Morgan fingerprint density at radius 2 is 0.481 bits per heavy atom. The number of thiol groups is 1. The molecule has 12 rings (SSSR count). The van der Waals surface area contributed by atoms with E-state index >= 15 is 0 Å². The van der Waals surface area contributed by atoms with Gasteiger partial charge in [-0.2, -0.15) is 0 Å². The van der Waals surface area contributed by atoms with E-state index in [0.29, 0.717) is 35.5 Å². The largest absolute Gasteiger partial charge is 0 e. The van der Waals surface area contributed by atoms with E-state index in [9.17, 15) is 0 Å². The van der Waals surface area contributed by atoms with Gasteiger partial charge in [-0.15, -0.1) is 226 Å². The van der Waals surface area contributed by atoms with Crippen LogP contribution in [0.25, 0.3) is 67.5 Å². The Bertz CT molecular complexity index is 3790. The number of nitrogens with zero attached hydrogens (tertiary/aromatic N) is 7. The fourth-order valence-corrected chi connectivity index (χ4v) is 11.2. The summed E-state index contributed by atoms with van der Waals surface area (Å²) in [6.07, 6.45) is 18.3. The number of hydrogen-bond donors (Lipinski definition) is 1. The Hall–Kier alpha value is -5.43. The number of halogens is 4. The second-order valence-electron chi connectivity index (χ2n) is 27.1. The van der Waals surface area contributed by atoms with Crippen LogP contribution in [0.4, 0.5) is 0 Å². The van der Waals surface area contributed by atoms with E-state index in [1.54, 1.807) is 0 Å². The molecule has 0 unspecified atom stereocenters. The van der Waals surface area contributed by atoms with Crippen molar-refractivity contribution >= 4 is 75.5 Å². The van der Waals surface area contributed by atoms with E-state index in [4.69, 9.17) is 23.2 Å². The summed E-state index contributed by atoms with van der Waals surface area (Å²) in [7, 11) is 4.34. The molecule has 108 heavy (non-hydrogen) atoms. The van der Waals surface area contributed by atoms with Crippen molar-refractivity contribution < 1.29 is 80.4 Å². The summed E-state index contributed by atoms with van der Waals surface area (Å²) in [5, 5.41) is 0.194. The molecule has 0 amide bonds. The van der Waals surface area contributed by atoms with Crippen molar-refractivity contribution in [1.82, 2.24) is 29.9 Å². The molecule has 0 saturated heterocycles. The molecule has 575 valence electrons. The molecule has 0 aliphatic heterocycles. The van der Waals surface area contributed by atoms with E-state index < -0.39 is 0 Å². The topological polar surface area (TPSA) is 89.7 Å². The summed E-state index contributed by atoms with van der Waals surface area (Å²) in [4.78, 5) is 26.9. The zero-order valence-corrected chi connectivity index (χ0v) is 78.7. The number of rotatable bonds is 18. The molecular weight excluding hydrogens is 2230 g/mol. The number of benzene rings is 6. The van der Waals surface area contributed by atoms with Crippen LogP contribution in [0.2, 0.25) is 0 Å². The first-order valence-corrected chi connectivity index (χ1v) is 38.3. The van der Waals surface area contributed by atoms with Gasteiger partial charge < -0.3 is 29.9 Å². The van der Waals surface area contributed by atoms with Crippen LogP contribution in [-0.2, 0) is 119 Å². The van der Waals surface area contributed by atoms with Crippen LogP contribution in [0.3, 0.4) is 0 Å². The zero-order chi connectivity index (χ0) is 75.4. The van der Waals surface area contributed by atoms with Gasteiger partial charge in [0.2, 0.25) is 0 Å². The van der Waals surface area contributed by atoms with Crippen molar-refractivity contribution in [2.24, 2.45) is 39.8 Å². The molecule has 0 aliphatic carbocycles. The van der Waals surface area contributed by atoms with Crippen molar-refractivity contribution in [3.63, 3.8) is 0 Å². The standard InChI is InChI=1S/2C15H15BrN.4C15H16N.CH2Cl2.BHNS.4Ir/c2*1-11(2)8-12-6-7-15(17-10-12)13-4-3-5-14(16)9-13;4*1-12(2)10-13-8-9-15(16-11-13)14-6-4-3-5-7-14;2-1-3;1-2-3;;;;/h2*3,5-7,9-11H,8H2,1-2H3;4*3-6,8-9,11-12H,10H2,1-2H3;1H2;3H;;;;/q6*-1;;;;;;. The molecule has 0 atom stereocenters. The van der Waals surface area contributed by atoms with Crippen molar-refractivity contribution in [1.29, 1.82) is 0 Å². The molecule has 0 spiro atoms. The Labute approximate surface area is 734 Å². The van der Waals surface area contributed by atoms with Gasteiger partial charge in [-0.3, -0.25) is 0 Å². The average molecular weight is 2330 g/mol. The third-order valence-electron chi connectivity index (χ3n) is 14.8. The molecule has 0 fully saturated rings. The second kappa shape index (κ2) is 58.5. The molecule has 0 saturated carbocycles. The summed E-state index contributed by atoms with van der Waals surface area (Å²) >= 11 is 19.6. The molecule has 0 aliphatic rings. The molecule has 17 heteroatoms. The minimum atomic E-state index is 0. The monoisotopic (exact) mass is 2330 g/mol. The first-order valence-electron chi connectivity index (χ1n) is 35.2. The van der Waals surface area contributed by atoms with Gasteiger partial charge >= 0.3 is 24.8 Å². The maximum Gasteiger partial charge on any atom is 0 e. The van der Waals surface area contributed by atoms with Gasteiger partial charge in [-0.25, -0.2) is 0 Å². The van der Waals surface area contributed by atoms with E-state index in [2.05, 4.69) is 279 Å². The van der Waals surface area contributed by atoms with Gasteiger partial charge in [-0.1, -0.05) is 197 Å². The molecule has 7 nitrogen and oxygen atoms in total. The van der Waals surface area contributed by atoms with Crippen LogP contribution in [0.5, 0.6) is 0 Å². The van der Waals surface area contributed by atoms with Gasteiger partial charge in [-0.05, 0) is 142 Å². The fraction of sp³-hybridized carbons (Fsp3) is 0.275. The van der Waals surface area contributed by atoms with Crippen molar-refractivity contribution in [2.75, 3.05) is 5.34 Å². The smallest absolute Gasteiger partial charge is 0 e. The predicted octanol–water partition coefficient (Wildman–Crippen LogP) is 25.6. The molecule has 12 aromatic rings. The third-order valence-corrected chi connectivity index (χ3v) is 15.8. The molecule has 0 bridgehead atoms. The van der Waals surface area contributed by atoms with E-state index in [1.807, 2.05) is 171 Å². The Balaban J connectivity index is 0.000000633.